The summed E-state index contributed by atoms with van der Waals surface area (Å²) < 4.78 is 0. The smallest absolute Gasteiger partial charge is 0.230 e. The number of hydrogen-bond acceptors (Lipinski definition) is 2. The molecule has 19 heavy (non-hydrogen) atoms. The van der Waals surface area contributed by atoms with Crippen molar-refractivity contribution in [1.29, 1.82) is 0 Å². The van der Waals surface area contributed by atoms with Gasteiger partial charge in [-0.05, 0) is 36.3 Å². The molecule has 1 aliphatic heterocycles. The lowest BCUT2D eigenvalue weighted by Crippen LogP contribution is -2.44. The second kappa shape index (κ2) is 4.80. The van der Waals surface area contributed by atoms with E-state index in [2.05, 4.69) is 23.5 Å². The molecule has 1 heterocycles. The van der Waals surface area contributed by atoms with E-state index in [-0.39, 0.29) is 23.7 Å². The van der Waals surface area contributed by atoms with Crippen LogP contribution in [0.2, 0.25) is 0 Å². The summed E-state index contributed by atoms with van der Waals surface area (Å²) in [5, 5.41) is 2.47. The number of nitrogens with one attached hydrogen (secondary N) is 1. The number of rotatable bonds is 3. The van der Waals surface area contributed by atoms with Crippen LogP contribution in [-0.4, -0.2) is 11.8 Å². The van der Waals surface area contributed by atoms with Crippen molar-refractivity contribution >= 4 is 11.8 Å². The van der Waals surface area contributed by atoms with Gasteiger partial charge >= 0.3 is 0 Å². The Bertz CT molecular complexity index is 519. The first kappa shape index (κ1) is 12.4. The molecule has 2 fully saturated rings. The van der Waals surface area contributed by atoms with Gasteiger partial charge in [-0.25, -0.2) is 0 Å². The summed E-state index contributed by atoms with van der Waals surface area (Å²) in [6.07, 6.45) is 3.69. The van der Waals surface area contributed by atoms with Crippen molar-refractivity contribution in [2.45, 2.75) is 44.4 Å². The topological polar surface area (TPSA) is 46.2 Å². The standard InChI is InChI=1S/C16H19NO2/c1-2-11-14(9-15(18)17-16(11)19)13-6-4-3-5-12(13)10-7-8-10/h3-6,10-11,14H,2,7-9H2,1H3,(H,17,18,19). The highest BCUT2D eigenvalue weighted by molar-refractivity contribution is 5.99. The molecular formula is C16H19NO2. The van der Waals surface area contributed by atoms with Crippen LogP contribution in [0.5, 0.6) is 0 Å². The number of piperidine rings is 1. The van der Waals surface area contributed by atoms with E-state index in [9.17, 15) is 9.59 Å². The van der Waals surface area contributed by atoms with Gasteiger partial charge < -0.3 is 0 Å². The normalized spacial score (nSPS) is 27.2. The zero-order valence-electron chi connectivity index (χ0n) is 11.2. The lowest BCUT2D eigenvalue weighted by atomic mass is 9.77. The highest BCUT2D eigenvalue weighted by Crippen LogP contribution is 2.45. The number of benzene rings is 1. The molecule has 2 atom stereocenters. The Hall–Kier alpha value is -1.64. The van der Waals surface area contributed by atoms with Crippen molar-refractivity contribution in [3.05, 3.63) is 35.4 Å². The maximum absolute atomic E-state index is 12.0. The monoisotopic (exact) mass is 257 g/mol. The van der Waals surface area contributed by atoms with E-state index < -0.39 is 0 Å². The SMILES string of the molecule is CCC1C(=O)NC(=O)CC1c1ccccc1C1CC1. The van der Waals surface area contributed by atoms with Gasteiger partial charge in [-0.15, -0.1) is 0 Å². The average Bonchev–Trinajstić information content (AvgIpc) is 3.22. The molecule has 100 valence electrons. The molecule has 2 aliphatic rings. The summed E-state index contributed by atoms with van der Waals surface area (Å²) in [7, 11) is 0. The number of carbonyl (C=O) groups is 2. The first-order chi connectivity index (χ1) is 9.20. The number of hydrogen-bond donors (Lipinski definition) is 1. The summed E-state index contributed by atoms with van der Waals surface area (Å²) in [6, 6.07) is 8.34. The highest BCUT2D eigenvalue weighted by Gasteiger charge is 2.38. The van der Waals surface area contributed by atoms with Crippen LogP contribution in [0.1, 0.15) is 55.6 Å². The van der Waals surface area contributed by atoms with E-state index in [4.69, 9.17) is 0 Å². The van der Waals surface area contributed by atoms with Gasteiger partial charge in [0.05, 0.1) is 0 Å². The molecule has 2 unspecified atom stereocenters. The largest absolute Gasteiger partial charge is 0.296 e. The van der Waals surface area contributed by atoms with Crippen LogP contribution < -0.4 is 5.32 Å². The maximum Gasteiger partial charge on any atom is 0.230 e. The Labute approximate surface area is 113 Å². The van der Waals surface area contributed by atoms with Crippen LogP contribution in [0.4, 0.5) is 0 Å². The van der Waals surface area contributed by atoms with Crippen molar-refractivity contribution in [2.75, 3.05) is 0 Å². The van der Waals surface area contributed by atoms with Crippen LogP contribution >= 0.6 is 0 Å². The van der Waals surface area contributed by atoms with Crippen LogP contribution in [0.15, 0.2) is 24.3 Å². The molecule has 1 aliphatic carbocycles. The molecule has 0 spiro atoms. The van der Waals surface area contributed by atoms with Gasteiger partial charge in [0.2, 0.25) is 11.8 Å². The summed E-state index contributed by atoms with van der Waals surface area (Å²) in [4.78, 5) is 23.7. The number of amides is 2. The molecule has 0 aromatic heterocycles. The Morgan fingerprint density at radius 3 is 2.47 bits per heavy atom. The van der Waals surface area contributed by atoms with Crippen LogP contribution in [0, 0.1) is 5.92 Å². The summed E-state index contributed by atoms with van der Waals surface area (Å²) in [5.74, 6) is 0.397. The molecule has 3 rings (SSSR count). The number of imide groups is 1. The van der Waals surface area contributed by atoms with Crippen molar-refractivity contribution < 1.29 is 9.59 Å². The van der Waals surface area contributed by atoms with E-state index in [0.29, 0.717) is 12.3 Å². The van der Waals surface area contributed by atoms with E-state index in [1.165, 1.54) is 24.0 Å². The fourth-order valence-corrected chi connectivity index (χ4v) is 3.22. The lowest BCUT2D eigenvalue weighted by Gasteiger charge is -2.31. The predicted octanol–water partition coefficient (Wildman–Crippen LogP) is 2.72. The second-order valence-electron chi connectivity index (χ2n) is 5.64. The predicted molar refractivity (Wildman–Crippen MR) is 72.7 cm³/mol. The minimum Gasteiger partial charge on any atom is -0.296 e. The molecule has 3 nitrogen and oxygen atoms in total. The maximum atomic E-state index is 12.0. The van der Waals surface area contributed by atoms with Gasteiger partial charge in [0.1, 0.15) is 0 Å². The van der Waals surface area contributed by atoms with Crippen LogP contribution in [0.25, 0.3) is 0 Å². The first-order valence-electron chi connectivity index (χ1n) is 7.13. The minimum absolute atomic E-state index is 0.0584. The van der Waals surface area contributed by atoms with Gasteiger partial charge in [0.25, 0.3) is 0 Å². The molecule has 0 bridgehead atoms. The fourth-order valence-electron chi connectivity index (χ4n) is 3.22. The molecule has 1 aromatic carbocycles. The Morgan fingerprint density at radius 2 is 1.84 bits per heavy atom. The Balaban J connectivity index is 1.98. The zero-order valence-corrected chi connectivity index (χ0v) is 11.2. The summed E-state index contributed by atoms with van der Waals surface area (Å²) in [5.41, 5.74) is 2.58. The van der Waals surface area contributed by atoms with Gasteiger partial charge in [0, 0.05) is 18.3 Å². The van der Waals surface area contributed by atoms with E-state index >= 15 is 0 Å². The summed E-state index contributed by atoms with van der Waals surface area (Å²) in [6.45, 7) is 2.02. The van der Waals surface area contributed by atoms with E-state index in [1.54, 1.807) is 0 Å². The molecule has 1 saturated heterocycles. The quantitative estimate of drug-likeness (QED) is 0.846. The molecule has 0 radical (unpaired) electrons. The summed E-state index contributed by atoms with van der Waals surface area (Å²) >= 11 is 0. The average molecular weight is 257 g/mol. The van der Waals surface area contributed by atoms with Crippen molar-refractivity contribution in [3.63, 3.8) is 0 Å². The number of carbonyl (C=O) groups excluding carboxylic acids is 2. The molecule has 2 amide bonds. The lowest BCUT2D eigenvalue weighted by molar-refractivity contribution is -0.137. The van der Waals surface area contributed by atoms with Gasteiger partial charge in [-0.3, -0.25) is 14.9 Å². The molecule has 1 N–H and O–H groups in total. The van der Waals surface area contributed by atoms with Crippen molar-refractivity contribution in [3.8, 4) is 0 Å². The van der Waals surface area contributed by atoms with Gasteiger partial charge in [-0.1, -0.05) is 31.2 Å². The minimum atomic E-state index is -0.134. The fraction of sp³-hybridized carbons (Fsp3) is 0.500. The first-order valence-corrected chi connectivity index (χ1v) is 7.13. The molecule has 1 saturated carbocycles. The third-order valence-electron chi connectivity index (χ3n) is 4.34. The third-order valence-corrected chi connectivity index (χ3v) is 4.34. The third kappa shape index (κ3) is 2.29. The van der Waals surface area contributed by atoms with Crippen molar-refractivity contribution in [1.82, 2.24) is 5.32 Å². The molecular weight excluding hydrogens is 238 g/mol. The Morgan fingerprint density at radius 1 is 1.16 bits per heavy atom. The zero-order chi connectivity index (χ0) is 13.4. The van der Waals surface area contributed by atoms with Crippen molar-refractivity contribution in [2.24, 2.45) is 5.92 Å². The van der Waals surface area contributed by atoms with Gasteiger partial charge in [0.15, 0.2) is 0 Å². The molecule has 3 heteroatoms. The second-order valence-corrected chi connectivity index (χ2v) is 5.64. The molecule has 1 aromatic rings. The van der Waals surface area contributed by atoms with Crippen LogP contribution in [-0.2, 0) is 9.59 Å². The van der Waals surface area contributed by atoms with E-state index in [0.717, 1.165) is 6.42 Å². The van der Waals surface area contributed by atoms with Gasteiger partial charge in [-0.2, -0.15) is 0 Å². The van der Waals surface area contributed by atoms with Crippen LogP contribution in [0.3, 0.4) is 0 Å². The van der Waals surface area contributed by atoms with E-state index in [1.807, 2.05) is 13.0 Å². The Kier molecular flexibility index (Phi) is 3.13. The highest BCUT2D eigenvalue weighted by atomic mass is 16.2.